The molecule has 7 nitrogen and oxygen atoms in total. The zero-order valence-electron chi connectivity index (χ0n) is 17.8. The summed E-state index contributed by atoms with van der Waals surface area (Å²) in [6.45, 7) is 0.273. The lowest BCUT2D eigenvalue weighted by atomic mass is 10.2. The second-order valence-electron chi connectivity index (χ2n) is 6.66. The average Bonchev–Trinajstić information content (AvgIpc) is 2.73. The first-order valence-electron chi connectivity index (χ1n) is 9.71. The van der Waals surface area contributed by atoms with Crippen molar-refractivity contribution < 1.29 is 18.3 Å². The first-order chi connectivity index (χ1) is 14.4. The number of anilines is 1. The maximum absolute atomic E-state index is 12.8. The number of alkyl halides is 2. The quantitative estimate of drug-likeness (QED) is 0.453. The Kier molecular flexibility index (Phi) is 9.11. The van der Waals surface area contributed by atoms with Gasteiger partial charge in [-0.15, -0.1) is 0 Å². The molecule has 0 radical (unpaired) electrons. The van der Waals surface area contributed by atoms with E-state index in [1.165, 1.54) is 6.07 Å². The number of nitrogens with zero attached hydrogens (tertiary/aromatic N) is 3. The molecule has 0 aliphatic heterocycles. The molecular weight excluding hydrogens is 392 g/mol. The Morgan fingerprint density at radius 3 is 2.60 bits per heavy atom. The summed E-state index contributed by atoms with van der Waals surface area (Å²) in [5.74, 6) is 1.94. The minimum Gasteiger partial charge on any atom is -0.493 e. The van der Waals surface area contributed by atoms with Crippen LogP contribution < -0.4 is 25.0 Å². The van der Waals surface area contributed by atoms with Crippen LogP contribution in [0.25, 0.3) is 0 Å². The van der Waals surface area contributed by atoms with Gasteiger partial charge in [0, 0.05) is 39.3 Å². The largest absolute Gasteiger partial charge is 0.493 e. The van der Waals surface area contributed by atoms with E-state index in [1.54, 1.807) is 19.2 Å². The number of aliphatic imine (C=N–C) groups is 1. The highest BCUT2D eigenvalue weighted by atomic mass is 19.3. The summed E-state index contributed by atoms with van der Waals surface area (Å²) in [7, 11) is 5.49. The van der Waals surface area contributed by atoms with Crippen molar-refractivity contribution in [1.29, 1.82) is 0 Å². The molecule has 1 heterocycles. The Balaban J connectivity index is 2.00. The molecule has 164 valence electrons. The SMILES string of the molecule is CCCOc1ccc(CNC(=NC)NCc2cccc(N(C)C)n2)c(OC(F)F)c1. The number of halogens is 2. The van der Waals surface area contributed by atoms with E-state index in [0.717, 1.165) is 17.9 Å². The smallest absolute Gasteiger partial charge is 0.387 e. The number of hydrogen-bond donors (Lipinski definition) is 2. The first kappa shape index (κ1) is 23.2. The van der Waals surface area contributed by atoms with Crippen LogP contribution in [-0.2, 0) is 13.1 Å². The zero-order chi connectivity index (χ0) is 21.9. The molecular formula is C21H29F2N5O2. The maximum Gasteiger partial charge on any atom is 0.387 e. The number of aromatic nitrogens is 1. The zero-order valence-corrected chi connectivity index (χ0v) is 17.8. The molecule has 2 aromatic rings. The summed E-state index contributed by atoms with van der Waals surface area (Å²) >= 11 is 0. The fraction of sp³-hybridized carbons (Fsp3) is 0.429. The van der Waals surface area contributed by atoms with Crippen molar-refractivity contribution in [2.45, 2.75) is 33.0 Å². The van der Waals surface area contributed by atoms with Crippen molar-refractivity contribution in [2.24, 2.45) is 4.99 Å². The fourth-order valence-electron chi connectivity index (χ4n) is 2.58. The third kappa shape index (κ3) is 7.38. The van der Waals surface area contributed by atoms with Gasteiger partial charge in [-0.05, 0) is 30.7 Å². The summed E-state index contributed by atoms with van der Waals surface area (Å²) in [4.78, 5) is 10.6. The van der Waals surface area contributed by atoms with Gasteiger partial charge in [0.15, 0.2) is 5.96 Å². The van der Waals surface area contributed by atoms with E-state index in [1.807, 2.05) is 44.1 Å². The molecule has 0 aliphatic rings. The minimum absolute atomic E-state index is 0.0712. The fourth-order valence-corrected chi connectivity index (χ4v) is 2.58. The predicted octanol–water partition coefficient (Wildman–Crippen LogP) is 3.40. The molecule has 1 aromatic heterocycles. The lowest BCUT2D eigenvalue weighted by molar-refractivity contribution is -0.0505. The predicted molar refractivity (Wildman–Crippen MR) is 114 cm³/mol. The van der Waals surface area contributed by atoms with Crippen LogP contribution in [0, 0.1) is 0 Å². The molecule has 30 heavy (non-hydrogen) atoms. The monoisotopic (exact) mass is 421 g/mol. The van der Waals surface area contributed by atoms with Gasteiger partial charge in [0.1, 0.15) is 17.3 Å². The van der Waals surface area contributed by atoms with E-state index in [2.05, 4.69) is 25.3 Å². The van der Waals surface area contributed by atoms with E-state index in [0.29, 0.717) is 30.4 Å². The van der Waals surface area contributed by atoms with Crippen LogP contribution in [-0.4, -0.2) is 45.3 Å². The molecule has 9 heteroatoms. The number of ether oxygens (including phenoxy) is 2. The third-order valence-corrected chi connectivity index (χ3v) is 4.08. The van der Waals surface area contributed by atoms with Gasteiger partial charge in [0.05, 0.1) is 18.8 Å². The molecule has 0 bridgehead atoms. The molecule has 0 saturated carbocycles. The van der Waals surface area contributed by atoms with Gasteiger partial charge in [0.2, 0.25) is 0 Å². The lowest BCUT2D eigenvalue weighted by Gasteiger charge is -2.16. The Morgan fingerprint density at radius 1 is 1.17 bits per heavy atom. The van der Waals surface area contributed by atoms with Crippen molar-refractivity contribution in [3.63, 3.8) is 0 Å². The van der Waals surface area contributed by atoms with E-state index in [4.69, 9.17) is 4.74 Å². The molecule has 0 atom stereocenters. The van der Waals surface area contributed by atoms with E-state index in [9.17, 15) is 8.78 Å². The van der Waals surface area contributed by atoms with Crippen molar-refractivity contribution in [1.82, 2.24) is 15.6 Å². The van der Waals surface area contributed by atoms with Gasteiger partial charge in [-0.3, -0.25) is 4.99 Å². The van der Waals surface area contributed by atoms with Crippen molar-refractivity contribution in [2.75, 3.05) is 32.6 Å². The van der Waals surface area contributed by atoms with Gasteiger partial charge in [-0.1, -0.05) is 13.0 Å². The molecule has 0 fully saturated rings. The van der Waals surface area contributed by atoms with Crippen LogP contribution in [0.1, 0.15) is 24.6 Å². The number of rotatable bonds is 10. The Labute approximate surface area is 176 Å². The molecule has 0 aliphatic carbocycles. The second-order valence-corrected chi connectivity index (χ2v) is 6.66. The summed E-state index contributed by atoms with van der Waals surface area (Å²) in [5, 5.41) is 6.27. The van der Waals surface area contributed by atoms with Crippen LogP contribution in [0.15, 0.2) is 41.4 Å². The molecule has 0 unspecified atom stereocenters. The number of nitrogens with one attached hydrogen (secondary N) is 2. The van der Waals surface area contributed by atoms with Crippen LogP contribution in [0.2, 0.25) is 0 Å². The Hall–Kier alpha value is -3.10. The van der Waals surface area contributed by atoms with Crippen molar-refractivity contribution in [3.05, 3.63) is 47.7 Å². The molecule has 0 amide bonds. The van der Waals surface area contributed by atoms with Gasteiger partial charge >= 0.3 is 6.61 Å². The molecule has 2 N–H and O–H groups in total. The second kappa shape index (κ2) is 11.8. The highest BCUT2D eigenvalue weighted by molar-refractivity contribution is 5.79. The summed E-state index contributed by atoms with van der Waals surface area (Å²) in [6, 6.07) is 10.7. The number of hydrogen-bond acceptors (Lipinski definition) is 5. The Bertz CT molecular complexity index is 831. The van der Waals surface area contributed by atoms with Crippen molar-refractivity contribution in [3.8, 4) is 11.5 Å². The summed E-state index contributed by atoms with van der Waals surface area (Å²) in [5.41, 5.74) is 1.41. The standard InChI is InChI=1S/C21H29F2N5O2/c1-5-11-29-17-10-9-15(18(12-17)30-20(22)23)13-25-21(24-2)26-14-16-7-6-8-19(27-16)28(3)4/h6-10,12,20H,5,11,13-14H2,1-4H3,(H2,24,25,26). The van der Waals surface area contributed by atoms with Crippen LogP contribution in [0.5, 0.6) is 11.5 Å². The normalized spacial score (nSPS) is 11.4. The van der Waals surface area contributed by atoms with E-state index in [-0.39, 0.29) is 12.3 Å². The van der Waals surface area contributed by atoms with Gasteiger partial charge in [-0.2, -0.15) is 8.78 Å². The molecule has 0 spiro atoms. The minimum atomic E-state index is -2.92. The first-order valence-corrected chi connectivity index (χ1v) is 9.71. The number of pyridine rings is 1. The molecule has 1 aromatic carbocycles. The summed E-state index contributed by atoms with van der Waals surface area (Å²) < 4.78 is 35.8. The van der Waals surface area contributed by atoms with Gasteiger partial charge in [0.25, 0.3) is 0 Å². The highest BCUT2D eigenvalue weighted by Crippen LogP contribution is 2.26. The number of benzene rings is 1. The van der Waals surface area contributed by atoms with Crippen LogP contribution in [0.4, 0.5) is 14.6 Å². The van der Waals surface area contributed by atoms with E-state index >= 15 is 0 Å². The highest BCUT2D eigenvalue weighted by Gasteiger charge is 2.12. The van der Waals surface area contributed by atoms with Crippen molar-refractivity contribution >= 4 is 11.8 Å². The van der Waals surface area contributed by atoms with E-state index < -0.39 is 6.61 Å². The Morgan fingerprint density at radius 2 is 1.93 bits per heavy atom. The molecule has 2 rings (SSSR count). The average molecular weight is 421 g/mol. The lowest BCUT2D eigenvalue weighted by Crippen LogP contribution is -2.36. The topological polar surface area (TPSA) is 71.0 Å². The van der Waals surface area contributed by atoms with Gasteiger partial charge < -0.3 is 25.0 Å². The number of guanidine groups is 1. The maximum atomic E-state index is 12.8. The van der Waals surface area contributed by atoms with Crippen LogP contribution >= 0.6 is 0 Å². The molecule has 0 saturated heterocycles. The summed E-state index contributed by atoms with van der Waals surface area (Å²) in [6.07, 6.45) is 0.822. The van der Waals surface area contributed by atoms with Crippen LogP contribution in [0.3, 0.4) is 0 Å². The van der Waals surface area contributed by atoms with Gasteiger partial charge in [-0.25, -0.2) is 4.98 Å². The third-order valence-electron chi connectivity index (χ3n) is 4.08.